The Hall–Kier alpha value is -5.02. The Balaban J connectivity index is 1.49. The van der Waals surface area contributed by atoms with E-state index in [0.717, 1.165) is 18.1 Å². The summed E-state index contributed by atoms with van der Waals surface area (Å²) in [5.41, 5.74) is -5.45. The molecule has 0 aromatic heterocycles. The van der Waals surface area contributed by atoms with Gasteiger partial charge in [-0.3, -0.25) is 14.4 Å². The number of rotatable bonds is 17. The second-order valence-corrected chi connectivity index (χ2v) is 33.2. The third kappa shape index (κ3) is 10.5. The molecule has 3 aromatic carbocycles. The number of ether oxygens (including phenoxy) is 5. The van der Waals surface area contributed by atoms with Gasteiger partial charge < -0.3 is 48.1 Å². The van der Waals surface area contributed by atoms with Crippen LogP contribution in [0.4, 0.5) is 0 Å². The first-order valence-electron chi connectivity index (χ1n) is 26.9. The van der Waals surface area contributed by atoms with Gasteiger partial charge in [0.15, 0.2) is 34.4 Å². The first kappa shape index (κ1) is 58.7. The minimum Gasteiger partial charge on any atom is -0.456 e. The average molecular weight is 1080 g/mol. The van der Waals surface area contributed by atoms with Gasteiger partial charge in [0.1, 0.15) is 30.0 Å². The summed E-state index contributed by atoms with van der Waals surface area (Å²) < 4.78 is 47.3. The number of esters is 4. The molecule has 15 nitrogen and oxygen atoms in total. The number of benzene rings is 3. The molecule has 7 rings (SSSR count). The molecule has 12 atom stereocenters. The van der Waals surface area contributed by atoms with E-state index in [0.29, 0.717) is 16.7 Å². The van der Waals surface area contributed by atoms with Gasteiger partial charge in [-0.25, -0.2) is 9.59 Å². The van der Waals surface area contributed by atoms with Crippen molar-refractivity contribution in [3.63, 3.8) is 0 Å². The zero-order chi connectivity index (χ0) is 56.0. The zero-order valence-electron chi connectivity index (χ0n) is 46.9. The Morgan fingerprint density at radius 2 is 1.36 bits per heavy atom. The molecule has 1 heterocycles. The first-order valence-corrected chi connectivity index (χ1v) is 32.3. The molecule has 3 aromatic rings. The maximum absolute atomic E-state index is 15.7. The predicted molar refractivity (Wildman–Crippen MR) is 291 cm³/mol. The number of carbonyl (C=O) groups is 5. The largest absolute Gasteiger partial charge is 0.456 e. The summed E-state index contributed by atoms with van der Waals surface area (Å²) in [6.07, 6.45) is -9.70. The Morgan fingerprint density at radius 3 is 1.86 bits per heavy atom. The number of carbonyl (C=O) groups excluding carboxylic acids is 5. The standard InChI is InChI=1S/C59H81NO14Si2/c1-15-76(16-2,17-3)73-43-33-44-58(35-68-44,72-38(6)62)49-51(71-53(65)41-31-25-20-26-32-41)59(67)34-42(36(4)45(56(59,10)11)47(69-37(5)61)50(63)57(43,49)12)70-54(66)48(74-75(13,14)55(7,8)9)46(39-27-21-18-22-28-39)60-52(64)40-29-23-19-24-30-40/h18-32,42-44,46-51,63,67H,15-17,33-35H2,1-14H3,(H,60,64)/t42-,43?,44+,46-,47-,48+,49-,50-,51-,57+,58-,59+/m0/s1. The van der Waals surface area contributed by atoms with E-state index in [-0.39, 0.29) is 24.2 Å². The molecule has 2 bridgehead atoms. The van der Waals surface area contributed by atoms with Crippen molar-refractivity contribution < 1.29 is 66.7 Å². The van der Waals surface area contributed by atoms with Crippen molar-refractivity contribution in [2.75, 3.05) is 6.61 Å². The van der Waals surface area contributed by atoms with Crippen LogP contribution in [0.3, 0.4) is 0 Å². The van der Waals surface area contributed by atoms with Crippen molar-refractivity contribution in [3.8, 4) is 0 Å². The second kappa shape index (κ2) is 22.0. The molecule has 3 N–H and O–H groups in total. The van der Waals surface area contributed by atoms with Crippen molar-refractivity contribution >= 4 is 46.4 Å². The number of nitrogens with one attached hydrogen (secondary N) is 1. The van der Waals surface area contributed by atoms with E-state index in [1.165, 1.54) is 13.8 Å². The molecule has 414 valence electrons. The number of fused-ring (bicyclic) bond motifs is 5. The fourth-order valence-electron chi connectivity index (χ4n) is 12.5. The highest BCUT2D eigenvalue weighted by atomic mass is 28.4. The lowest BCUT2D eigenvalue weighted by Gasteiger charge is -2.70. The minimum atomic E-state index is -2.93. The van der Waals surface area contributed by atoms with Crippen LogP contribution < -0.4 is 5.32 Å². The smallest absolute Gasteiger partial charge is 0.338 e. The van der Waals surface area contributed by atoms with Crippen LogP contribution in [0.2, 0.25) is 36.3 Å². The van der Waals surface area contributed by atoms with Crippen LogP contribution in [0, 0.1) is 16.7 Å². The van der Waals surface area contributed by atoms with Crippen molar-refractivity contribution in [1.29, 1.82) is 0 Å². The monoisotopic (exact) mass is 1080 g/mol. The van der Waals surface area contributed by atoms with E-state index in [1.807, 2.05) is 39.9 Å². The molecule has 3 fully saturated rings. The van der Waals surface area contributed by atoms with E-state index < -0.39 is 135 Å². The molecule has 3 aliphatic carbocycles. The number of hydrogen-bond donors (Lipinski definition) is 3. The summed E-state index contributed by atoms with van der Waals surface area (Å²) in [4.78, 5) is 72.1. The Bertz CT molecular complexity index is 2630. The third-order valence-electron chi connectivity index (χ3n) is 18.2. The summed E-state index contributed by atoms with van der Waals surface area (Å²) in [5, 5.41) is 30.9. The molecule has 17 heteroatoms. The highest BCUT2D eigenvalue weighted by Crippen LogP contribution is 2.66. The summed E-state index contributed by atoms with van der Waals surface area (Å²) in [6.45, 7) is 25.6. The van der Waals surface area contributed by atoms with Crippen LogP contribution in [-0.2, 0) is 46.9 Å². The Labute approximate surface area is 451 Å². The van der Waals surface area contributed by atoms with Gasteiger partial charge in [-0.1, -0.05) is 129 Å². The molecule has 76 heavy (non-hydrogen) atoms. The number of amides is 1. The quantitative estimate of drug-likeness (QED) is 0.0499. The molecule has 1 unspecified atom stereocenters. The van der Waals surface area contributed by atoms with Crippen molar-refractivity contribution in [2.45, 2.75) is 192 Å². The second-order valence-electron chi connectivity index (χ2n) is 23.7. The van der Waals surface area contributed by atoms with Gasteiger partial charge in [0.05, 0.1) is 30.2 Å². The van der Waals surface area contributed by atoms with E-state index >= 15 is 4.79 Å². The van der Waals surface area contributed by atoms with Crippen molar-refractivity contribution in [1.82, 2.24) is 5.32 Å². The maximum atomic E-state index is 15.7. The molecule has 1 saturated heterocycles. The lowest BCUT2D eigenvalue weighted by atomic mass is 9.44. The van der Waals surface area contributed by atoms with E-state index in [9.17, 15) is 29.4 Å². The highest BCUT2D eigenvalue weighted by Gasteiger charge is 2.79. The molecule has 2 saturated carbocycles. The molecule has 4 aliphatic rings. The third-order valence-corrected chi connectivity index (χ3v) is 27.3. The molecular formula is C59H81NO14Si2. The molecule has 0 spiro atoms. The van der Waals surface area contributed by atoms with Gasteiger partial charge in [-0.2, -0.15) is 0 Å². The normalized spacial score (nSPS) is 29.9. The predicted octanol–water partition coefficient (Wildman–Crippen LogP) is 9.59. The topological polar surface area (TPSA) is 202 Å². The van der Waals surface area contributed by atoms with E-state index in [2.05, 4.69) is 26.1 Å². The fourth-order valence-corrected chi connectivity index (χ4v) is 16.7. The highest BCUT2D eigenvalue weighted by molar-refractivity contribution is 6.74. The van der Waals surface area contributed by atoms with Gasteiger partial charge in [-0.15, -0.1) is 0 Å². The first-order chi connectivity index (χ1) is 35.6. The van der Waals surface area contributed by atoms with Gasteiger partial charge in [0, 0.05) is 43.1 Å². The number of hydrogen-bond acceptors (Lipinski definition) is 14. The SMILES string of the molecule is CC[Si](CC)(CC)OC1C[C@H]2OC[C@@]2(OC(C)=O)[C@H]2[C@H](OC(=O)c3ccccc3)[C@]3(O)C[C@H](OC(=O)[C@H](O[Si](C)(C)C(C)(C)C)[C@@H](NC(=O)c4ccccc4)c4ccccc4)C(C)=C([C@H](OC(C)=O)[C@H](O)[C@]12C)C3(C)C. The molecule has 0 radical (unpaired) electrons. The van der Waals surface area contributed by atoms with Gasteiger partial charge in [0.2, 0.25) is 0 Å². The van der Waals surface area contributed by atoms with Crippen LogP contribution in [-0.4, -0.2) is 117 Å². The number of aliphatic hydroxyl groups is 2. The van der Waals surface area contributed by atoms with Crippen molar-refractivity contribution in [2.24, 2.45) is 16.7 Å². The van der Waals surface area contributed by atoms with Crippen LogP contribution in [0.5, 0.6) is 0 Å². The summed E-state index contributed by atoms with van der Waals surface area (Å²) in [6, 6.07) is 27.0. The minimum absolute atomic E-state index is 0.150. The molecule has 1 amide bonds. The number of aliphatic hydroxyl groups excluding tert-OH is 1. The van der Waals surface area contributed by atoms with Crippen LogP contribution in [0.25, 0.3) is 0 Å². The average Bonchev–Trinajstić information content (AvgIpc) is 3.54. The Morgan fingerprint density at radius 1 is 0.803 bits per heavy atom. The fraction of sp³-hybridized carbons (Fsp3) is 0.576. The molecular weight excluding hydrogens is 1000 g/mol. The van der Waals surface area contributed by atoms with Gasteiger partial charge in [0.25, 0.3) is 5.91 Å². The van der Waals surface area contributed by atoms with Gasteiger partial charge >= 0.3 is 23.9 Å². The van der Waals surface area contributed by atoms with Crippen molar-refractivity contribution in [3.05, 3.63) is 119 Å². The maximum Gasteiger partial charge on any atom is 0.338 e. The van der Waals surface area contributed by atoms with Crippen LogP contribution in [0.1, 0.15) is 128 Å². The molecule has 1 aliphatic heterocycles. The summed E-state index contributed by atoms with van der Waals surface area (Å²) >= 11 is 0. The van der Waals surface area contributed by atoms with Gasteiger partial charge in [-0.05, 0) is 84.2 Å². The van der Waals surface area contributed by atoms with Crippen LogP contribution >= 0.6 is 0 Å². The van der Waals surface area contributed by atoms with E-state index in [4.69, 9.17) is 32.5 Å². The zero-order valence-corrected chi connectivity index (χ0v) is 48.9. The Kier molecular flexibility index (Phi) is 17.0. The summed E-state index contributed by atoms with van der Waals surface area (Å²) in [7, 11) is -5.54. The summed E-state index contributed by atoms with van der Waals surface area (Å²) in [5.74, 6) is -4.89. The lowest BCUT2D eigenvalue weighted by Crippen LogP contribution is -2.83. The van der Waals surface area contributed by atoms with E-state index in [1.54, 1.807) is 113 Å². The van der Waals surface area contributed by atoms with Crippen LogP contribution in [0.15, 0.2) is 102 Å². The lowest BCUT2D eigenvalue weighted by molar-refractivity contribution is -0.363.